The molecule has 4 bridgehead atoms. The number of ketones is 2. The summed E-state index contributed by atoms with van der Waals surface area (Å²) in [6.07, 6.45) is 6.73. The molecule has 6 heteroatoms. The van der Waals surface area contributed by atoms with Gasteiger partial charge in [0.25, 0.3) is 0 Å². The van der Waals surface area contributed by atoms with E-state index in [2.05, 4.69) is 0 Å². The number of rotatable bonds is 4. The topological polar surface area (TPSA) is 93.1 Å². The van der Waals surface area contributed by atoms with Gasteiger partial charge in [-0.3, -0.25) is 9.59 Å². The second-order valence-electron chi connectivity index (χ2n) is 9.86. The maximum absolute atomic E-state index is 13.8. The van der Waals surface area contributed by atoms with Gasteiger partial charge in [-0.1, -0.05) is 29.4 Å². The fraction of sp³-hybridized carbons (Fsp3) is 0.462. The summed E-state index contributed by atoms with van der Waals surface area (Å²) in [5.41, 5.74) is 0.298. The highest BCUT2D eigenvalue weighted by molar-refractivity contribution is 6.18. The number of aromatic hydroxyl groups is 2. The number of carbonyl (C=O) groups is 2. The lowest BCUT2D eigenvalue weighted by Crippen LogP contribution is -2.71. The molecule has 0 aromatic heterocycles. The summed E-state index contributed by atoms with van der Waals surface area (Å²) >= 11 is 0. The van der Waals surface area contributed by atoms with Gasteiger partial charge in [-0.15, -0.1) is 0 Å². The molecule has 168 valence electrons. The van der Waals surface area contributed by atoms with Gasteiger partial charge in [0.05, 0.1) is 6.61 Å². The van der Waals surface area contributed by atoms with Crippen LogP contribution in [-0.4, -0.2) is 39.6 Å². The Morgan fingerprint density at radius 2 is 1.88 bits per heavy atom. The molecule has 2 heterocycles. The largest absolute Gasteiger partial charge is 0.507 e. The molecule has 1 aromatic rings. The van der Waals surface area contributed by atoms with Crippen molar-refractivity contribution in [1.29, 1.82) is 0 Å². The molecule has 4 atom stereocenters. The molecule has 1 aromatic carbocycles. The van der Waals surface area contributed by atoms with Crippen molar-refractivity contribution in [3.8, 4) is 17.2 Å². The normalized spacial score (nSPS) is 31.4. The molecular formula is C26H28O6. The summed E-state index contributed by atoms with van der Waals surface area (Å²) in [6, 6.07) is 1.39. The molecule has 1 spiro atoms. The lowest BCUT2D eigenvalue weighted by atomic mass is 9.53. The maximum Gasteiger partial charge on any atom is 0.200 e. The van der Waals surface area contributed by atoms with E-state index in [1.807, 2.05) is 39.8 Å². The fourth-order valence-corrected chi connectivity index (χ4v) is 5.82. The number of allylic oxidation sites excluding steroid dienone is 4. The first kappa shape index (κ1) is 21.0. The van der Waals surface area contributed by atoms with Gasteiger partial charge in [0.1, 0.15) is 22.8 Å². The van der Waals surface area contributed by atoms with Crippen molar-refractivity contribution in [1.82, 2.24) is 0 Å². The molecule has 6 nitrogen and oxygen atoms in total. The minimum atomic E-state index is -1.28. The van der Waals surface area contributed by atoms with Crippen molar-refractivity contribution in [2.45, 2.75) is 58.2 Å². The predicted octanol–water partition coefficient (Wildman–Crippen LogP) is 4.19. The number of Topliss-reactive ketones (excluding diaryl/α,β-unsaturated/α-hetero) is 2. The van der Waals surface area contributed by atoms with Gasteiger partial charge in [0.2, 0.25) is 0 Å². The van der Waals surface area contributed by atoms with E-state index in [4.69, 9.17) is 9.47 Å². The molecule has 2 aliphatic heterocycles. The van der Waals surface area contributed by atoms with Crippen LogP contribution < -0.4 is 4.74 Å². The Balaban J connectivity index is 1.71. The lowest BCUT2D eigenvalue weighted by Gasteiger charge is -2.55. The highest BCUT2D eigenvalue weighted by Gasteiger charge is 2.77. The van der Waals surface area contributed by atoms with E-state index in [1.54, 1.807) is 6.08 Å². The van der Waals surface area contributed by atoms with E-state index in [-0.39, 0.29) is 45.9 Å². The molecule has 1 saturated heterocycles. The Morgan fingerprint density at radius 3 is 2.56 bits per heavy atom. The van der Waals surface area contributed by atoms with Gasteiger partial charge in [-0.2, -0.15) is 0 Å². The molecule has 3 aliphatic carbocycles. The van der Waals surface area contributed by atoms with Crippen molar-refractivity contribution in [2.24, 2.45) is 11.8 Å². The predicted molar refractivity (Wildman–Crippen MR) is 118 cm³/mol. The van der Waals surface area contributed by atoms with Gasteiger partial charge in [0.15, 0.2) is 22.8 Å². The zero-order valence-electron chi connectivity index (χ0n) is 18.8. The third kappa shape index (κ3) is 2.50. The van der Waals surface area contributed by atoms with Crippen LogP contribution in [0, 0.1) is 11.8 Å². The van der Waals surface area contributed by atoms with Crippen molar-refractivity contribution >= 4 is 11.6 Å². The average molecular weight is 437 g/mol. The Bertz CT molecular complexity index is 1150. The number of hydrogen-bond acceptors (Lipinski definition) is 6. The van der Waals surface area contributed by atoms with Crippen LogP contribution in [0.25, 0.3) is 0 Å². The highest BCUT2D eigenvalue weighted by Crippen LogP contribution is 2.63. The standard InChI is InChI=1S/C26H28O6/c1-13(2)5-6-17-19(27)11-20-21(22(17)28)23(29)18-10-15-9-16-12-31-25(24(15)30,8-7-14(3)4)26(16,18)32-20/h5,7,10-11,15-16,27-28H,6,8-9,12H2,1-4H3/t15-,16-,25-,26-/m0/s1. The summed E-state index contributed by atoms with van der Waals surface area (Å²) < 4.78 is 12.7. The summed E-state index contributed by atoms with van der Waals surface area (Å²) in [4.78, 5) is 27.3. The van der Waals surface area contributed by atoms with Gasteiger partial charge < -0.3 is 19.7 Å². The Morgan fingerprint density at radius 1 is 1.16 bits per heavy atom. The van der Waals surface area contributed by atoms with Crippen LogP contribution in [0.1, 0.15) is 56.5 Å². The minimum absolute atomic E-state index is 0.0496. The Hall–Kier alpha value is -2.86. The van der Waals surface area contributed by atoms with E-state index in [9.17, 15) is 19.8 Å². The molecule has 1 saturated carbocycles. The molecule has 5 aliphatic rings. The van der Waals surface area contributed by atoms with E-state index in [1.165, 1.54) is 6.07 Å². The molecule has 0 radical (unpaired) electrons. The molecule has 2 N–H and O–H groups in total. The number of ether oxygens (including phenoxy) is 2. The zero-order chi connectivity index (χ0) is 23.0. The summed E-state index contributed by atoms with van der Waals surface area (Å²) in [5, 5.41) is 21.6. The number of fused-ring (bicyclic) bond motifs is 1. The number of phenols is 2. The zero-order valence-corrected chi connectivity index (χ0v) is 18.8. The number of phenolic OH excluding ortho intramolecular Hbond substituents is 2. The summed E-state index contributed by atoms with van der Waals surface area (Å²) in [7, 11) is 0. The van der Waals surface area contributed by atoms with Gasteiger partial charge >= 0.3 is 0 Å². The van der Waals surface area contributed by atoms with Crippen LogP contribution in [0.3, 0.4) is 0 Å². The molecule has 0 amide bonds. The summed E-state index contributed by atoms with van der Waals surface area (Å²) in [5.74, 6) is -1.26. The van der Waals surface area contributed by atoms with E-state index >= 15 is 0 Å². The van der Waals surface area contributed by atoms with Crippen molar-refractivity contribution in [3.05, 3.63) is 52.1 Å². The molecule has 6 rings (SSSR count). The van der Waals surface area contributed by atoms with Gasteiger partial charge in [0, 0.05) is 35.5 Å². The van der Waals surface area contributed by atoms with Crippen LogP contribution in [0.5, 0.6) is 17.2 Å². The average Bonchev–Trinajstić information content (AvgIpc) is 2.97. The van der Waals surface area contributed by atoms with Crippen LogP contribution in [0.2, 0.25) is 0 Å². The SMILES string of the molecule is CC(C)=CCc1c(O)cc2c(c1O)C(=O)C1=C[C@@H]3C[C@H]4CO[C@@](CC=C(C)C)(C3=O)[C@@]14O2. The molecule has 2 fully saturated rings. The number of benzene rings is 1. The Labute approximate surface area is 187 Å². The second kappa shape index (κ2) is 6.82. The fourth-order valence-electron chi connectivity index (χ4n) is 5.82. The maximum atomic E-state index is 13.8. The van der Waals surface area contributed by atoms with Crippen molar-refractivity contribution < 1.29 is 29.3 Å². The molecule has 0 unspecified atom stereocenters. The van der Waals surface area contributed by atoms with E-state index in [0.717, 1.165) is 11.1 Å². The van der Waals surface area contributed by atoms with Crippen LogP contribution in [0.4, 0.5) is 0 Å². The third-order valence-electron chi connectivity index (χ3n) is 7.35. The van der Waals surface area contributed by atoms with Crippen LogP contribution in [0.15, 0.2) is 41.0 Å². The van der Waals surface area contributed by atoms with Gasteiger partial charge in [-0.05, 0) is 40.5 Å². The van der Waals surface area contributed by atoms with Crippen molar-refractivity contribution in [3.63, 3.8) is 0 Å². The smallest absolute Gasteiger partial charge is 0.200 e. The van der Waals surface area contributed by atoms with E-state index < -0.39 is 17.1 Å². The molecule has 32 heavy (non-hydrogen) atoms. The number of carbonyl (C=O) groups excluding carboxylic acids is 2. The quantitative estimate of drug-likeness (QED) is 0.688. The minimum Gasteiger partial charge on any atom is -0.507 e. The number of hydrogen-bond donors (Lipinski definition) is 2. The van der Waals surface area contributed by atoms with Gasteiger partial charge in [-0.25, -0.2) is 0 Å². The lowest BCUT2D eigenvalue weighted by molar-refractivity contribution is -0.165. The first-order chi connectivity index (χ1) is 15.1. The van der Waals surface area contributed by atoms with Crippen LogP contribution in [-0.2, 0) is 16.0 Å². The monoisotopic (exact) mass is 436 g/mol. The second-order valence-corrected chi connectivity index (χ2v) is 9.86. The first-order valence-corrected chi connectivity index (χ1v) is 11.1. The summed E-state index contributed by atoms with van der Waals surface area (Å²) in [6.45, 7) is 8.08. The van der Waals surface area contributed by atoms with Crippen molar-refractivity contribution in [2.75, 3.05) is 6.61 Å². The molecular weight excluding hydrogens is 408 g/mol. The Kier molecular flexibility index (Phi) is 4.48. The third-order valence-corrected chi connectivity index (χ3v) is 7.35. The highest BCUT2D eigenvalue weighted by atomic mass is 16.6. The first-order valence-electron chi connectivity index (χ1n) is 11.1. The van der Waals surface area contributed by atoms with E-state index in [0.29, 0.717) is 31.4 Å². The van der Waals surface area contributed by atoms with Crippen LogP contribution >= 0.6 is 0 Å².